The van der Waals surface area contributed by atoms with E-state index in [2.05, 4.69) is 0 Å². The summed E-state index contributed by atoms with van der Waals surface area (Å²) in [5.41, 5.74) is -2.64. The van der Waals surface area contributed by atoms with Gasteiger partial charge >= 0.3 is 6.18 Å². The number of aldehydes is 1. The minimum Gasteiger partial charge on any atom is -0.302 e. The van der Waals surface area contributed by atoms with Crippen LogP contribution in [0.3, 0.4) is 0 Å². The number of benzene rings is 1. The van der Waals surface area contributed by atoms with Crippen LogP contribution in [-0.2, 0) is 16.4 Å². The Kier molecular flexibility index (Phi) is 2.64. The van der Waals surface area contributed by atoms with Gasteiger partial charge in [-0.2, -0.15) is 13.2 Å². The van der Waals surface area contributed by atoms with Gasteiger partial charge in [-0.15, -0.1) is 0 Å². The van der Waals surface area contributed by atoms with Crippen LogP contribution in [0.2, 0.25) is 0 Å². The summed E-state index contributed by atoms with van der Waals surface area (Å²) in [6.07, 6.45) is -3.25. The summed E-state index contributed by atoms with van der Waals surface area (Å²) in [5, 5.41) is 10.6. The van der Waals surface area contributed by atoms with Crippen molar-refractivity contribution in [3.05, 3.63) is 39.4 Å². The van der Waals surface area contributed by atoms with Gasteiger partial charge in [-0.05, 0) is 24.5 Å². The number of carbonyl (C=O) groups is 1. The Bertz CT molecular complexity index is 521. The second-order valence-electron chi connectivity index (χ2n) is 4.30. The first kappa shape index (κ1) is 12.5. The van der Waals surface area contributed by atoms with Gasteiger partial charge in [0.1, 0.15) is 6.29 Å². The standard InChI is InChI=1S/C11H8F3NO3/c12-11(13,14)8-3-7(10(6-16)1-2-10)4-9(5-8)15(17)18/h3-6H,1-2H2. The van der Waals surface area contributed by atoms with Crippen molar-refractivity contribution < 1.29 is 22.9 Å². The van der Waals surface area contributed by atoms with Gasteiger partial charge in [0.05, 0.1) is 15.9 Å². The fraction of sp³-hybridized carbons (Fsp3) is 0.364. The van der Waals surface area contributed by atoms with Crippen molar-refractivity contribution >= 4 is 12.0 Å². The molecule has 0 unspecified atom stereocenters. The van der Waals surface area contributed by atoms with Crippen molar-refractivity contribution in [1.29, 1.82) is 0 Å². The highest BCUT2D eigenvalue weighted by atomic mass is 19.4. The van der Waals surface area contributed by atoms with Gasteiger partial charge in [-0.1, -0.05) is 0 Å². The van der Waals surface area contributed by atoms with Gasteiger partial charge in [0.2, 0.25) is 0 Å². The van der Waals surface area contributed by atoms with Crippen molar-refractivity contribution in [2.75, 3.05) is 0 Å². The molecule has 96 valence electrons. The van der Waals surface area contributed by atoms with Crippen LogP contribution in [0.4, 0.5) is 18.9 Å². The van der Waals surface area contributed by atoms with Crippen molar-refractivity contribution in [2.45, 2.75) is 24.4 Å². The second kappa shape index (κ2) is 3.79. The van der Waals surface area contributed by atoms with E-state index in [1.807, 2.05) is 0 Å². The lowest BCUT2D eigenvalue weighted by Gasteiger charge is -2.12. The summed E-state index contributed by atoms with van der Waals surface area (Å²) in [5.74, 6) is 0. The Balaban J connectivity index is 2.57. The number of halogens is 3. The minimum atomic E-state index is -4.67. The summed E-state index contributed by atoms with van der Waals surface area (Å²) in [6.45, 7) is 0. The van der Waals surface area contributed by atoms with Crippen LogP contribution in [0.15, 0.2) is 18.2 Å². The molecule has 1 fully saturated rings. The first-order valence-corrected chi connectivity index (χ1v) is 5.12. The summed E-state index contributed by atoms with van der Waals surface area (Å²) in [4.78, 5) is 20.6. The number of hydrogen-bond acceptors (Lipinski definition) is 3. The molecule has 0 radical (unpaired) electrons. The molecule has 0 saturated heterocycles. The summed E-state index contributed by atoms with van der Waals surface area (Å²) < 4.78 is 37.8. The third-order valence-electron chi connectivity index (χ3n) is 3.05. The lowest BCUT2D eigenvalue weighted by Crippen LogP contribution is -2.12. The lowest BCUT2D eigenvalue weighted by molar-refractivity contribution is -0.385. The molecule has 4 nitrogen and oxygen atoms in total. The van der Waals surface area contributed by atoms with E-state index in [1.165, 1.54) is 0 Å². The highest BCUT2D eigenvalue weighted by Crippen LogP contribution is 2.48. The molecule has 0 heterocycles. The smallest absolute Gasteiger partial charge is 0.302 e. The van der Waals surface area contributed by atoms with Crippen LogP contribution < -0.4 is 0 Å². The number of nitro benzene ring substituents is 1. The van der Waals surface area contributed by atoms with Gasteiger partial charge in [0.25, 0.3) is 5.69 Å². The Morgan fingerprint density at radius 2 is 1.89 bits per heavy atom. The van der Waals surface area contributed by atoms with E-state index in [4.69, 9.17) is 0 Å². The third kappa shape index (κ3) is 2.07. The van der Waals surface area contributed by atoms with Crippen molar-refractivity contribution in [3.63, 3.8) is 0 Å². The number of nitro groups is 1. The van der Waals surface area contributed by atoms with Gasteiger partial charge in [0, 0.05) is 12.1 Å². The van der Waals surface area contributed by atoms with Crippen molar-refractivity contribution in [1.82, 2.24) is 0 Å². The van der Waals surface area contributed by atoms with E-state index >= 15 is 0 Å². The number of hydrogen-bond donors (Lipinski definition) is 0. The van der Waals surface area contributed by atoms with E-state index in [1.54, 1.807) is 0 Å². The van der Waals surface area contributed by atoms with Gasteiger partial charge < -0.3 is 4.79 Å². The summed E-state index contributed by atoms with van der Waals surface area (Å²) >= 11 is 0. The monoisotopic (exact) mass is 259 g/mol. The molecule has 18 heavy (non-hydrogen) atoms. The molecule has 0 N–H and O–H groups in total. The maximum atomic E-state index is 12.6. The number of carbonyl (C=O) groups excluding carboxylic acids is 1. The van der Waals surface area contributed by atoms with Crippen LogP contribution in [0.25, 0.3) is 0 Å². The quantitative estimate of drug-likeness (QED) is 0.476. The molecule has 7 heteroatoms. The third-order valence-corrected chi connectivity index (χ3v) is 3.05. The highest BCUT2D eigenvalue weighted by molar-refractivity contribution is 5.74. The molecule has 1 aromatic carbocycles. The van der Waals surface area contributed by atoms with E-state index in [0.717, 1.165) is 12.1 Å². The number of non-ortho nitro benzene ring substituents is 1. The molecule has 1 aliphatic rings. The molecule has 0 bridgehead atoms. The predicted octanol–water partition coefficient (Wildman–Crippen LogP) is 2.84. The number of nitrogens with zero attached hydrogens (tertiary/aromatic N) is 1. The predicted molar refractivity (Wildman–Crippen MR) is 55.1 cm³/mol. The molecular weight excluding hydrogens is 251 g/mol. The average molecular weight is 259 g/mol. The number of rotatable bonds is 3. The maximum absolute atomic E-state index is 12.6. The van der Waals surface area contributed by atoms with E-state index in [0.29, 0.717) is 25.2 Å². The zero-order valence-corrected chi connectivity index (χ0v) is 9.03. The first-order chi connectivity index (χ1) is 8.28. The van der Waals surface area contributed by atoms with Crippen molar-refractivity contribution in [2.24, 2.45) is 0 Å². The normalized spacial score (nSPS) is 17.3. The lowest BCUT2D eigenvalue weighted by atomic mass is 9.95. The molecule has 0 amide bonds. The Morgan fingerprint density at radius 3 is 2.28 bits per heavy atom. The number of alkyl halides is 3. The zero-order chi connectivity index (χ0) is 13.6. The fourth-order valence-corrected chi connectivity index (χ4v) is 1.78. The van der Waals surface area contributed by atoms with Gasteiger partial charge in [-0.3, -0.25) is 10.1 Å². The Hall–Kier alpha value is -1.92. The Labute approximate surface area is 99.6 Å². The van der Waals surface area contributed by atoms with E-state index in [-0.39, 0.29) is 5.56 Å². The molecule has 1 aliphatic carbocycles. The maximum Gasteiger partial charge on any atom is 0.416 e. The van der Waals surface area contributed by atoms with Crippen LogP contribution >= 0.6 is 0 Å². The van der Waals surface area contributed by atoms with Crippen LogP contribution in [0.5, 0.6) is 0 Å². The van der Waals surface area contributed by atoms with Crippen LogP contribution in [-0.4, -0.2) is 11.2 Å². The topological polar surface area (TPSA) is 60.2 Å². The highest BCUT2D eigenvalue weighted by Gasteiger charge is 2.46. The molecule has 0 aromatic heterocycles. The van der Waals surface area contributed by atoms with Crippen molar-refractivity contribution in [3.8, 4) is 0 Å². The largest absolute Gasteiger partial charge is 0.416 e. The minimum absolute atomic E-state index is 0.0685. The van der Waals surface area contributed by atoms with Gasteiger partial charge in [-0.25, -0.2) is 0 Å². The molecule has 2 rings (SSSR count). The summed E-state index contributed by atoms with van der Waals surface area (Å²) in [7, 11) is 0. The van der Waals surface area contributed by atoms with Crippen LogP contribution in [0, 0.1) is 10.1 Å². The average Bonchev–Trinajstić information content (AvgIpc) is 3.08. The Morgan fingerprint density at radius 1 is 1.28 bits per heavy atom. The SMILES string of the molecule is O=CC1(c2cc([N+](=O)[O-])cc(C(F)(F)F)c2)CC1. The molecule has 1 aromatic rings. The molecule has 0 aliphatic heterocycles. The van der Waals surface area contributed by atoms with E-state index in [9.17, 15) is 28.1 Å². The molecule has 0 atom stereocenters. The molecule has 1 saturated carbocycles. The molecular formula is C11H8F3NO3. The zero-order valence-electron chi connectivity index (χ0n) is 9.03. The first-order valence-electron chi connectivity index (χ1n) is 5.12. The molecule has 0 spiro atoms. The van der Waals surface area contributed by atoms with Gasteiger partial charge in [0.15, 0.2) is 0 Å². The van der Waals surface area contributed by atoms with Crippen LogP contribution in [0.1, 0.15) is 24.0 Å². The van der Waals surface area contributed by atoms with E-state index < -0.39 is 27.8 Å². The second-order valence-corrected chi connectivity index (χ2v) is 4.30. The fourth-order valence-electron chi connectivity index (χ4n) is 1.78. The summed E-state index contributed by atoms with van der Waals surface area (Å²) in [6, 6.07) is 2.33.